The molecule has 0 bridgehead atoms. The number of amides is 1. The smallest absolute Gasteiger partial charge is 0.307 e. The maximum atomic E-state index is 12.1. The molecule has 1 aromatic carbocycles. The number of halogens is 1. The van der Waals surface area contributed by atoms with Gasteiger partial charge in [0.25, 0.3) is 5.69 Å². The van der Waals surface area contributed by atoms with Crippen LogP contribution in [0.15, 0.2) is 18.2 Å². The second-order valence-corrected chi connectivity index (χ2v) is 5.96. The van der Waals surface area contributed by atoms with E-state index in [9.17, 15) is 19.7 Å². The van der Waals surface area contributed by atoms with Crippen LogP contribution in [0.5, 0.6) is 0 Å². The third-order valence-electron chi connectivity index (χ3n) is 3.79. The van der Waals surface area contributed by atoms with Crippen LogP contribution < -0.4 is 5.32 Å². The van der Waals surface area contributed by atoms with Gasteiger partial charge in [-0.1, -0.05) is 25.4 Å². The number of anilines is 1. The fourth-order valence-corrected chi connectivity index (χ4v) is 2.73. The maximum Gasteiger partial charge on any atom is 0.307 e. The molecule has 1 aliphatic rings. The summed E-state index contributed by atoms with van der Waals surface area (Å²) < 4.78 is 0. The number of carboxylic acids is 1. The highest BCUT2D eigenvalue weighted by Crippen LogP contribution is 2.58. The molecule has 0 saturated heterocycles. The summed E-state index contributed by atoms with van der Waals surface area (Å²) in [5.74, 6) is -3.10. The SMILES string of the molecule is CC1(C)[C@H](C(=O)O)[C@@H]1C(=O)Nc1ccc(Cl)cc1[N+](=O)[O-]. The number of rotatable bonds is 4. The van der Waals surface area contributed by atoms with E-state index in [-0.39, 0.29) is 16.4 Å². The molecule has 1 saturated carbocycles. The predicted octanol–water partition coefficient (Wildman–Crippen LogP) is 2.54. The van der Waals surface area contributed by atoms with Crippen LogP contribution in [-0.2, 0) is 9.59 Å². The van der Waals surface area contributed by atoms with Crippen molar-refractivity contribution >= 4 is 34.9 Å². The Bertz CT molecular complexity index is 643. The lowest BCUT2D eigenvalue weighted by Crippen LogP contribution is -2.18. The van der Waals surface area contributed by atoms with Gasteiger partial charge in [0.2, 0.25) is 5.91 Å². The first-order chi connectivity index (χ1) is 9.66. The number of nitro benzene ring substituents is 1. The number of hydrogen-bond donors (Lipinski definition) is 2. The summed E-state index contributed by atoms with van der Waals surface area (Å²) in [5.41, 5.74) is -1.00. The molecule has 0 aromatic heterocycles. The largest absolute Gasteiger partial charge is 0.481 e. The van der Waals surface area contributed by atoms with Gasteiger partial charge < -0.3 is 10.4 Å². The molecule has 2 atom stereocenters. The molecular weight excluding hydrogens is 300 g/mol. The monoisotopic (exact) mass is 312 g/mol. The molecule has 8 heteroatoms. The van der Waals surface area contributed by atoms with Crippen LogP contribution in [0.3, 0.4) is 0 Å². The van der Waals surface area contributed by atoms with Gasteiger partial charge in [-0.05, 0) is 17.5 Å². The minimum Gasteiger partial charge on any atom is -0.481 e. The molecule has 7 nitrogen and oxygen atoms in total. The highest BCUT2D eigenvalue weighted by atomic mass is 35.5. The van der Waals surface area contributed by atoms with Gasteiger partial charge in [-0.2, -0.15) is 0 Å². The minimum atomic E-state index is -1.05. The van der Waals surface area contributed by atoms with E-state index in [2.05, 4.69) is 5.32 Å². The number of carbonyl (C=O) groups excluding carboxylic acids is 1. The van der Waals surface area contributed by atoms with Gasteiger partial charge in [0.15, 0.2) is 0 Å². The normalized spacial score (nSPS) is 22.4. The summed E-state index contributed by atoms with van der Waals surface area (Å²) in [4.78, 5) is 33.5. The van der Waals surface area contributed by atoms with Gasteiger partial charge in [-0.15, -0.1) is 0 Å². The summed E-state index contributed by atoms with van der Waals surface area (Å²) in [6.45, 7) is 3.35. The first kappa shape index (κ1) is 15.2. The molecule has 112 valence electrons. The summed E-state index contributed by atoms with van der Waals surface area (Å²) in [6, 6.07) is 3.87. The fraction of sp³-hybridized carbons (Fsp3) is 0.385. The van der Waals surface area contributed by atoms with Crippen molar-refractivity contribution in [3.05, 3.63) is 33.3 Å². The van der Waals surface area contributed by atoms with E-state index in [1.807, 2.05) is 0 Å². The summed E-state index contributed by atoms with van der Waals surface area (Å²) >= 11 is 5.69. The Morgan fingerprint density at radius 3 is 2.48 bits per heavy atom. The van der Waals surface area contributed by atoms with E-state index in [0.29, 0.717) is 0 Å². The van der Waals surface area contributed by atoms with Gasteiger partial charge in [-0.3, -0.25) is 19.7 Å². The maximum absolute atomic E-state index is 12.1. The average molecular weight is 313 g/mol. The lowest BCUT2D eigenvalue weighted by molar-refractivity contribution is -0.383. The Morgan fingerprint density at radius 1 is 1.38 bits per heavy atom. The van der Waals surface area contributed by atoms with Gasteiger partial charge in [0.1, 0.15) is 5.69 Å². The van der Waals surface area contributed by atoms with Gasteiger partial charge >= 0.3 is 5.97 Å². The minimum absolute atomic E-state index is 0.00115. The van der Waals surface area contributed by atoms with Crippen LogP contribution >= 0.6 is 11.6 Å². The molecule has 1 aromatic rings. The lowest BCUT2D eigenvalue weighted by Gasteiger charge is -2.07. The van der Waals surface area contributed by atoms with Gasteiger partial charge in [0.05, 0.1) is 16.8 Å². The van der Waals surface area contributed by atoms with Crippen molar-refractivity contribution in [3.8, 4) is 0 Å². The van der Waals surface area contributed by atoms with Crippen LogP contribution in [-0.4, -0.2) is 21.9 Å². The Balaban J connectivity index is 2.22. The number of carbonyl (C=O) groups is 2. The third-order valence-corrected chi connectivity index (χ3v) is 4.03. The highest BCUT2D eigenvalue weighted by molar-refractivity contribution is 6.31. The first-order valence-electron chi connectivity index (χ1n) is 6.14. The molecule has 21 heavy (non-hydrogen) atoms. The van der Waals surface area contributed by atoms with E-state index >= 15 is 0 Å². The van der Waals surface area contributed by atoms with Crippen LogP contribution in [0.2, 0.25) is 5.02 Å². The van der Waals surface area contributed by atoms with Crippen molar-refractivity contribution < 1.29 is 19.6 Å². The first-order valence-corrected chi connectivity index (χ1v) is 6.51. The molecule has 2 N–H and O–H groups in total. The van der Waals surface area contributed by atoms with E-state index in [1.165, 1.54) is 12.1 Å². The Kier molecular flexibility index (Phi) is 3.63. The molecule has 1 amide bonds. The van der Waals surface area contributed by atoms with Crippen LogP contribution in [0.1, 0.15) is 13.8 Å². The molecule has 0 spiro atoms. The van der Waals surface area contributed by atoms with Crippen molar-refractivity contribution in [1.29, 1.82) is 0 Å². The Morgan fingerprint density at radius 2 is 2.00 bits per heavy atom. The zero-order valence-electron chi connectivity index (χ0n) is 11.3. The Hall–Kier alpha value is -2.15. The second-order valence-electron chi connectivity index (χ2n) is 5.52. The van der Waals surface area contributed by atoms with Crippen LogP contribution in [0.4, 0.5) is 11.4 Å². The van der Waals surface area contributed by atoms with E-state index in [0.717, 1.165) is 6.07 Å². The molecule has 0 radical (unpaired) electrons. The molecule has 0 heterocycles. The summed E-state index contributed by atoms with van der Waals surface area (Å²) in [7, 11) is 0. The van der Waals surface area contributed by atoms with Gasteiger partial charge in [-0.25, -0.2) is 0 Å². The fourth-order valence-electron chi connectivity index (χ4n) is 2.56. The van der Waals surface area contributed by atoms with Crippen molar-refractivity contribution in [1.82, 2.24) is 0 Å². The topological polar surface area (TPSA) is 110 Å². The highest BCUT2D eigenvalue weighted by Gasteiger charge is 2.66. The number of benzene rings is 1. The average Bonchev–Trinajstić information content (AvgIpc) is 2.94. The zero-order valence-corrected chi connectivity index (χ0v) is 12.0. The molecular formula is C13H13ClN2O5. The number of aliphatic carboxylic acids is 1. The van der Waals surface area contributed by atoms with Gasteiger partial charge in [0, 0.05) is 11.1 Å². The molecule has 1 aliphatic carbocycles. The van der Waals surface area contributed by atoms with E-state index in [4.69, 9.17) is 16.7 Å². The quantitative estimate of drug-likeness (QED) is 0.655. The van der Waals surface area contributed by atoms with Crippen molar-refractivity contribution in [2.45, 2.75) is 13.8 Å². The van der Waals surface area contributed by atoms with E-state index in [1.54, 1.807) is 13.8 Å². The van der Waals surface area contributed by atoms with Crippen molar-refractivity contribution in [2.75, 3.05) is 5.32 Å². The van der Waals surface area contributed by atoms with Crippen molar-refractivity contribution in [2.24, 2.45) is 17.3 Å². The summed E-state index contributed by atoms with van der Waals surface area (Å²) in [5, 5.41) is 22.6. The van der Waals surface area contributed by atoms with E-state index < -0.39 is 34.1 Å². The number of nitro groups is 1. The molecule has 0 unspecified atom stereocenters. The number of carboxylic acid groups (broad SMARTS) is 1. The lowest BCUT2D eigenvalue weighted by atomic mass is 10.1. The van der Waals surface area contributed by atoms with Crippen LogP contribution in [0.25, 0.3) is 0 Å². The standard InChI is InChI=1S/C13H13ClN2O5/c1-13(2)9(10(13)12(18)19)11(17)15-7-4-3-6(14)5-8(7)16(20)21/h3-5,9-10H,1-2H3,(H,15,17)(H,18,19)/t9-,10+/m1/s1. The predicted molar refractivity (Wildman–Crippen MR) is 75.1 cm³/mol. The number of nitrogens with one attached hydrogen (secondary N) is 1. The Labute approximate surface area is 125 Å². The van der Waals surface area contributed by atoms with Crippen molar-refractivity contribution in [3.63, 3.8) is 0 Å². The molecule has 2 rings (SSSR count). The molecule has 1 fully saturated rings. The second kappa shape index (κ2) is 5.00. The summed E-state index contributed by atoms with van der Waals surface area (Å²) in [6.07, 6.45) is 0. The van der Waals surface area contributed by atoms with Crippen LogP contribution in [0, 0.1) is 27.4 Å². The number of hydrogen-bond acceptors (Lipinski definition) is 4. The third kappa shape index (κ3) is 2.69. The molecule has 0 aliphatic heterocycles. The number of nitrogens with zero attached hydrogens (tertiary/aromatic N) is 1. The zero-order chi connectivity index (χ0) is 15.9.